The van der Waals surface area contributed by atoms with Gasteiger partial charge in [0.2, 0.25) is 0 Å². The summed E-state index contributed by atoms with van der Waals surface area (Å²) in [6.45, 7) is 5.02. The molecule has 2 aliphatic rings. The first-order valence-corrected chi connectivity index (χ1v) is 9.89. The van der Waals surface area contributed by atoms with Crippen molar-refractivity contribution in [2.75, 3.05) is 24.7 Å². The summed E-state index contributed by atoms with van der Waals surface area (Å²) in [7, 11) is 0. The van der Waals surface area contributed by atoms with E-state index in [4.69, 9.17) is 0 Å². The van der Waals surface area contributed by atoms with Gasteiger partial charge in [-0.25, -0.2) is 4.99 Å². The Morgan fingerprint density at radius 1 is 1.15 bits per heavy atom. The smallest absolute Gasteiger partial charge is 0.278 e. The van der Waals surface area contributed by atoms with E-state index < -0.39 is 0 Å². The summed E-state index contributed by atoms with van der Waals surface area (Å²) in [5.74, 6) is 0.681. The van der Waals surface area contributed by atoms with Crippen LogP contribution in [0.4, 0.5) is 11.4 Å². The normalized spacial score (nSPS) is 22.1. The van der Waals surface area contributed by atoms with E-state index in [-0.39, 0.29) is 5.91 Å². The predicted molar refractivity (Wildman–Crippen MR) is 109 cm³/mol. The number of para-hydroxylation sites is 1. The number of hydrogen-bond acceptors (Lipinski definition) is 3. The molecule has 0 saturated carbocycles. The first-order valence-electron chi connectivity index (χ1n) is 9.10. The summed E-state index contributed by atoms with van der Waals surface area (Å²) in [6, 6.07) is 15.7. The number of carbonyl (C=O) groups excluding carboxylic acids is 1. The topological polar surface area (TPSA) is 35.9 Å². The van der Waals surface area contributed by atoms with Crippen LogP contribution in [0.1, 0.15) is 25.3 Å². The van der Waals surface area contributed by atoms with Crippen molar-refractivity contribution in [3.05, 3.63) is 58.6 Å². The van der Waals surface area contributed by atoms with Gasteiger partial charge in [0, 0.05) is 16.6 Å². The minimum Gasteiger partial charge on any atom is -0.293 e. The minimum atomic E-state index is -0.00709. The van der Waals surface area contributed by atoms with Crippen LogP contribution in [-0.4, -0.2) is 36.3 Å². The first kappa shape index (κ1) is 17.4. The van der Waals surface area contributed by atoms with Crippen LogP contribution in [0.15, 0.2) is 58.0 Å². The maximum absolute atomic E-state index is 13.1. The van der Waals surface area contributed by atoms with Crippen molar-refractivity contribution in [3.8, 4) is 0 Å². The van der Waals surface area contributed by atoms with Gasteiger partial charge in [0.05, 0.1) is 18.0 Å². The van der Waals surface area contributed by atoms with Crippen LogP contribution in [-0.2, 0) is 4.79 Å². The number of halogens is 1. The lowest BCUT2D eigenvalue weighted by Gasteiger charge is -2.33. The van der Waals surface area contributed by atoms with Crippen molar-refractivity contribution < 1.29 is 4.79 Å². The van der Waals surface area contributed by atoms with E-state index in [9.17, 15) is 4.79 Å². The number of anilines is 1. The van der Waals surface area contributed by atoms with E-state index in [1.54, 1.807) is 0 Å². The highest BCUT2D eigenvalue weighted by atomic mass is 79.9. The number of likely N-dealkylation sites (tertiary alicyclic amines) is 1. The third kappa shape index (κ3) is 3.46. The zero-order chi connectivity index (χ0) is 18.1. The fourth-order valence-electron chi connectivity index (χ4n) is 3.77. The number of fused-ring (bicyclic) bond motifs is 1. The third-order valence-electron chi connectivity index (χ3n) is 5.05. The second-order valence-corrected chi connectivity index (χ2v) is 8.07. The molecule has 1 atom stereocenters. The Hall–Kier alpha value is -1.98. The molecule has 4 rings (SSSR count). The molecule has 2 aromatic carbocycles. The Kier molecular flexibility index (Phi) is 4.92. The highest BCUT2D eigenvalue weighted by molar-refractivity contribution is 9.10. The van der Waals surface area contributed by atoms with Gasteiger partial charge in [-0.05, 0) is 55.6 Å². The highest BCUT2D eigenvalue weighted by Gasteiger charge is 2.35. The molecule has 2 aromatic rings. The largest absolute Gasteiger partial charge is 0.293 e. The molecule has 4 nitrogen and oxygen atoms in total. The van der Waals surface area contributed by atoms with Crippen LogP contribution < -0.4 is 4.90 Å². The molecule has 0 unspecified atom stereocenters. The van der Waals surface area contributed by atoms with E-state index in [0.29, 0.717) is 18.3 Å². The average Bonchev–Trinajstić information content (AvgIpc) is 2.90. The lowest BCUT2D eigenvalue weighted by molar-refractivity contribution is -0.112. The molecule has 1 amide bonds. The van der Waals surface area contributed by atoms with Gasteiger partial charge in [-0.15, -0.1) is 0 Å². The Balaban J connectivity index is 1.65. The minimum absolute atomic E-state index is 0.00709. The third-order valence-corrected chi connectivity index (χ3v) is 5.58. The number of aliphatic imine (C=N–C) groups is 1. The number of nitrogens with zero attached hydrogens (tertiary/aromatic N) is 3. The molecule has 0 spiro atoms. The molecule has 2 aliphatic heterocycles. The Morgan fingerprint density at radius 2 is 1.92 bits per heavy atom. The molecule has 1 fully saturated rings. The van der Waals surface area contributed by atoms with Crippen molar-refractivity contribution in [3.63, 3.8) is 0 Å². The van der Waals surface area contributed by atoms with Crippen LogP contribution >= 0.6 is 15.9 Å². The lowest BCUT2D eigenvalue weighted by atomic mass is 10.0. The SMILES string of the molecule is C[C@@H]1CCCN(CN2C(=O)C(=Nc3ccc(Br)cc3)c3ccccc32)C1. The second kappa shape index (κ2) is 7.33. The van der Waals surface area contributed by atoms with Crippen LogP contribution in [0.25, 0.3) is 0 Å². The molecule has 0 N–H and O–H groups in total. The molecule has 26 heavy (non-hydrogen) atoms. The van der Waals surface area contributed by atoms with Crippen LogP contribution in [0.2, 0.25) is 0 Å². The van der Waals surface area contributed by atoms with E-state index in [2.05, 4.69) is 32.7 Å². The summed E-state index contributed by atoms with van der Waals surface area (Å²) in [6.07, 6.45) is 2.47. The van der Waals surface area contributed by atoms with Gasteiger partial charge in [0.1, 0.15) is 5.71 Å². The summed E-state index contributed by atoms with van der Waals surface area (Å²) in [4.78, 5) is 22.1. The monoisotopic (exact) mass is 411 g/mol. The fourth-order valence-corrected chi connectivity index (χ4v) is 4.03. The zero-order valence-corrected chi connectivity index (χ0v) is 16.4. The molecule has 2 heterocycles. The van der Waals surface area contributed by atoms with Gasteiger partial charge in [0.15, 0.2) is 0 Å². The van der Waals surface area contributed by atoms with Gasteiger partial charge in [-0.3, -0.25) is 14.6 Å². The van der Waals surface area contributed by atoms with E-state index >= 15 is 0 Å². The number of amides is 1. The number of carbonyl (C=O) groups is 1. The summed E-state index contributed by atoms with van der Waals surface area (Å²) in [5, 5.41) is 0. The van der Waals surface area contributed by atoms with E-state index in [1.165, 1.54) is 12.8 Å². The summed E-state index contributed by atoms with van der Waals surface area (Å²) >= 11 is 3.44. The molecule has 134 valence electrons. The van der Waals surface area contributed by atoms with Gasteiger partial charge in [0.25, 0.3) is 5.91 Å². The molecule has 0 aromatic heterocycles. The highest BCUT2D eigenvalue weighted by Crippen LogP contribution is 2.31. The summed E-state index contributed by atoms with van der Waals surface area (Å²) < 4.78 is 1.00. The quantitative estimate of drug-likeness (QED) is 0.739. The van der Waals surface area contributed by atoms with Crippen molar-refractivity contribution in [1.82, 2.24) is 4.90 Å². The number of benzene rings is 2. The summed E-state index contributed by atoms with van der Waals surface area (Å²) in [5.41, 5.74) is 3.21. The van der Waals surface area contributed by atoms with E-state index in [1.807, 2.05) is 53.4 Å². The first-order chi connectivity index (χ1) is 12.6. The maximum atomic E-state index is 13.1. The Morgan fingerprint density at radius 3 is 2.69 bits per heavy atom. The predicted octanol–water partition coefficient (Wildman–Crippen LogP) is 4.61. The zero-order valence-electron chi connectivity index (χ0n) is 14.9. The number of rotatable bonds is 3. The van der Waals surface area contributed by atoms with E-state index in [0.717, 1.165) is 34.5 Å². The second-order valence-electron chi connectivity index (χ2n) is 7.15. The van der Waals surface area contributed by atoms with Gasteiger partial charge >= 0.3 is 0 Å². The van der Waals surface area contributed by atoms with Gasteiger partial charge in [-0.2, -0.15) is 0 Å². The molecule has 5 heteroatoms. The standard InChI is InChI=1S/C21H22BrN3O/c1-15-5-4-12-24(13-15)14-25-19-7-3-2-6-18(19)20(21(25)26)23-17-10-8-16(22)9-11-17/h2-3,6-11,15H,4-5,12-14H2,1H3/t15-/m1/s1. The number of hydrogen-bond donors (Lipinski definition) is 0. The van der Waals surface area contributed by atoms with Gasteiger partial charge in [-0.1, -0.05) is 41.1 Å². The average molecular weight is 412 g/mol. The Labute approximate surface area is 162 Å². The Bertz CT molecular complexity index is 847. The van der Waals surface area contributed by atoms with Crippen molar-refractivity contribution in [2.24, 2.45) is 10.9 Å². The van der Waals surface area contributed by atoms with Crippen molar-refractivity contribution in [1.29, 1.82) is 0 Å². The fraction of sp³-hybridized carbons (Fsp3) is 0.333. The lowest BCUT2D eigenvalue weighted by Crippen LogP contribution is -2.45. The van der Waals surface area contributed by atoms with Crippen molar-refractivity contribution in [2.45, 2.75) is 19.8 Å². The van der Waals surface area contributed by atoms with Gasteiger partial charge < -0.3 is 0 Å². The number of piperidine rings is 1. The molecule has 0 aliphatic carbocycles. The van der Waals surface area contributed by atoms with Crippen LogP contribution in [0.5, 0.6) is 0 Å². The molecule has 0 bridgehead atoms. The van der Waals surface area contributed by atoms with Crippen LogP contribution in [0, 0.1) is 5.92 Å². The maximum Gasteiger partial charge on any atom is 0.278 e. The molecule has 0 radical (unpaired) electrons. The molecule has 1 saturated heterocycles. The van der Waals surface area contributed by atoms with Crippen LogP contribution in [0.3, 0.4) is 0 Å². The van der Waals surface area contributed by atoms with Crippen molar-refractivity contribution >= 4 is 38.9 Å². The molecular weight excluding hydrogens is 390 g/mol. The molecular formula is C21H22BrN3O.